The van der Waals surface area contributed by atoms with E-state index in [1.807, 2.05) is 19.9 Å². The van der Waals surface area contributed by atoms with E-state index >= 15 is 0 Å². The van der Waals surface area contributed by atoms with Crippen LogP contribution in [-0.2, 0) is 5.60 Å². The van der Waals surface area contributed by atoms with Crippen molar-refractivity contribution in [3.05, 3.63) is 28.8 Å². The summed E-state index contributed by atoms with van der Waals surface area (Å²) in [5.41, 5.74) is 1.10. The van der Waals surface area contributed by atoms with Gasteiger partial charge in [-0.15, -0.1) is 0 Å². The first-order valence-corrected chi connectivity index (χ1v) is 6.52. The summed E-state index contributed by atoms with van der Waals surface area (Å²) in [6, 6.07) is 3.56. The van der Waals surface area contributed by atoms with Gasteiger partial charge in [-0.1, -0.05) is 12.1 Å². The highest BCUT2D eigenvalue weighted by atomic mass is 19.4. The van der Waals surface area contributed by atoms with Crippen LogP contribution in [0.2, 0.25) is 0 Å². The van der Waals surface area contributed by atoms with Crippen LogP contribution in [0, 0.1) is 13.8 Å². The molecule has 0 fully saturated rings. The molecule has 1 N–H and O–H groups in total. The Labute approximate surface area is 117 Å². The minimum atomic E-state index is -4.19. The van der Waals surface area contributed by atoms with Crippen LogP contribution in [0.1, 0.15) is 42.9 Å². The second kappa shape index (κ2) is 6.04. The fourth-order valence-corrected chi connectivity index (χ4v) is 2.24. The Balaban J connectivity index is 2.95. The van der Waals surface area contributed by atoms with E-state index in [0.717, 1.165) is 11.1 Å². The van der Waals surface area contributed by atoms with Gasteiger partial charge in [0.15, 0.2) is 0 Å². The van der Waals surface area contributed by atoms with Crippen molar-refractivity contribution in [3.63, 3.8) is 0 Å². The SMILES string of the molecule is COc1c(C(C)(O)CCCC(F)(F)F)ccc(C)c1C. The van der Waals surface area contributed by atoms with Crippen molar-refractivity contribution in [3.8, 4) is 5.75 Å². The molecule has 0 saturated carbocycles. The molecule has 1 rings (SSSR count). The van der Waals surface area contributed by atoms with Gasteiger partial charge >= 0.3 is 6.18 Å². The average molecular weight is 290 g/mol. The monoisotopic (exact) mass is 290 g/mol. The lowest BCUT2D eigenvalue weighted by atomic mass is 9.87. The van der Waals surface area contributed by atoms with Crippen LogP contribution in [0.5, 0.6) is 5.75 Å². The van der Waals surface area contributed by atoms with Crippen LogP contribution in [0.25, 0.3) is 0 Å². The molecule has 0 radical (unpaired) electrons. The molecule has 0 aliphatic rings. The van der Waals surface area contributed by atoms with Crippen LogP contribution < -0.4 is 4.74 Å². The van der Waals surface area contributed by atoms with Crippen molar-refractivity contribution in [1.82, 2.24) is 0 Å². The Morgan fingerprint density at radius 1 is 1.15 bits per heavy atom. The molecule has 0 aliphatic heterocycles. The van der Waals surface area contributed by atoms with E-state index in [-0.39, 0.29) is 12.8 Å². The van der Waals surface area contributed by atoms with Crippen molar-refractivity contribution in [2.45, 2.75) is 51.8 Å². The lowest BCUT2D eigenvalue weighted by Gasteiger charge is -2.27. The summed E-state index contributed by atoms with van der Waals surface area (Å²) in [5.74, 6) is 0.544. The van der Waals surface area contributed by atoms with Crippen molar-refractivity contribution < 1.29 is 23.0 Å². The molecule has 20 heavy (non-hydrogen) atoms. The molecular weight excluding hydrogens is 269 g/mol. The second-order valence-electron chi connectivity index (χ2n) is 5.33. The quantitative estimate of drug-likeness (QED) is 0.878. The maximum absolute atomic E-state index is 12.2. The van der Waals surface area contributed by atoms with E-state index < -0.39 is 18.2 Å². The Morgan fingerprint density at radius 2 is 1.75 bits per heavy atom. The molecule has 0 spiro atoms. The Morgan fingerprint density at radius 3 is 2.25 bits per heavy atom. The Kier molecular flexibility index (Phi) is 5.08. The molecule has 1 aromatic carbocycles. The number of hydrogen-bond acceptors (Lipinski definition) is 2. The zero-order valence-electron chi connectivity index (χ0n) is 12.3. The summed E-state index contributed by atoms with van der Waals surface area (Å²) in [6.07, 6.45) is -5.17. The number of alkyl halides is 3. The number of methoxy groups -OCH3 is 1. The molecular formula is C15H21F3O2. The fraction of sp³-hybridized carbons (Fsp3) is 0.600. The van der Waals surface area contributed by atoms with Crippen molar-refractivity contribution >= 4 is 0 Å². The molecule has 0 bridgehead atoms. The number of aliphatic hydroxyl groups is 1. The molecule has 0 amide bonds. The normalized spacial score (nSPS) is 15.0. The summed E-state index contributed by atoms with van der Waals surface area (Å²) in [6.45, 7) is 5.31. The van der Waals surface area contributed by atoms with Crippen LogP contribution >= 0.6 is 0 Å². The first-order chi connectivity index (χ1) is 9.08. The van der Waals surface area contributed by atoms with Gasteiger partial charge in [0, 0.05) is 12.0 Å². The van der Waals surface area contributed by atoms with E-state index in [2.05, 4.69) is 0 Å². The molecule has 1 unspecified atom stereocenters. The van der Waals surface area contributed by atoms with Gasteiger partial charge in [-0.2, -0.15) is 13.2 Å². The first-order valence-electron chi connectivity index (χ1n) is 6.52. The van der Waals surface area contributed by atoms with E-state index in [1.165, 1.54) is 14.0 Å². The summed E-state index contributed by atoms with van der Waals surface area (Å²) in [7, 11) is 1.50. The maximum Gasteiger partial charge on any atom is 0.389 e. The van der Waals surface area contributed by atoms with Gasteiger partial charge in [-0.3, -0.25) is 0 Å². The summed E-state index contributed by atoms with van der Waals surface area (Å²) in [4.78, 5) is 0. The number of halogens is 3. The van der Waals surface area contributed by atoms with Crippen LogP contribution in [0.4, 0.5) is 13.2 Å². The van der Waals surface area contributed by atoms with E-state index in [1.54, 1.807) is 6.07 Å². The summed E-state index contributed by atoms with van der Waals surface area (Å²) >= 11 is 0. The zero-order valence-corrected chi connectivity index (χ0v) is 12.3. The van der Waals surface area contributed by atoms with E-state index in [9.17, 15) is 18.3 Å². The Bertz CT molecular complexity index is 465. The van der Waals surface area contributed by atoms with Crippen LogP contribution in [0.3, 0.4) is 0 Å². The molecule has 0 aromatic heterocycles. The third kappa shape index (κ3) is 4.13. The number of ether oxygens (including phenoxy) is 1. The van der Waals surface area contributed by atoms with Crippen molar-refractivity contribution in [2.24, 2.45) is 0 Å². The minimum absolute atomic E-state index is 0.0331. The van der Waals surface area contributed by atoms with Gasteiger partial charge in [-0.25, -0.2) is 0 Å². The zero-order chi connectivity index (χ0) is 15.6. The number of aryl methyl sites for hydroxylation is 1. The standard InChI is InChI=1S/C15H21F3O2/c1-10-6-7-12(13(20-4)11(10)2)14(3,19)8-5-9-15(16,17)18/h6-7,19H,5,8-9H2,1-4H3. The smallest absolute Gasteiger partial charge is 0.389 e. The number of benzene rings is 1. The maximum atomic E-state index is 12.2. The van der Waals surface area contributed by atoms with Gasteiger partial charge in [0.25, 0.3) is 0 Å². The van der Waals surface area contributed by atoms with E-state index in [4.69, 9.17) is 4.74 Å². The minimum Gasteiger partial charge on any atom is -0.496 e. The molecule has 1 atom stereocenters. The second-order valence-corrected chi connectivity index (χ2v) is 5.33. The average Bonchev–Trinajstić information content (AvgIpc) is 2.30. The summed E-state index contributed by atoms with van der Waals surface area (Å²) < 4.78 is 41.9. The molecule has 5 heteroatoms. The highest BCUT2D eigenvalue weighted by Crippen LogP contribution is 2.37. The van der Waals surface area contributed by atoms with E-state index in [0.29, 0.717) is 11.3 Å². The van der Waals surface area contributed by atoms with Crippen LogP contribution in [0.15, 0.2) is 12.1 Å². The number of hydrogen-bond donors (Lipinski definition) is 1. The van der Waals surface area contributed by atoms with Crippen molar-refractivity contribution in [2.75, 3.05) is 7.11 Å². The van der Waals surface area contributed by atoms with Crippen molar-refractivity contribution in [1.29, 1.82) is 0 Å². The van der Waals surface area contributed by atoms with Gasteiger partial charge in [0.05, 0.1) is 12.7 Å². The molecule has 0 aliphatic carbocycles. The number of rotatable bonds is 5. The first kappa shape index (κ1) is 16.8. The highest BCUT2D eigenvalue weighted by Gasteiger charge is 2.31. The lowest BCUT2D eigenvalue weighted by molar-refractivity contribution is -0.137. The molecule has 1 aromatic rings. The molecule has 0 saturated heterocycles. The topological polar surface area (TPSA) is 29.5 Å². The lowest BCUT2D eigenvalue weighted by Crippen LogP contribution is -2.23. The third-order valence-electron chi connectivity index (χ3n) is 3.58. The largest absolute Gasteiger partial charge is 0.496 e. The van der Waals surface area contributed by atoms with Gasteiger partial charge < -0.3 is 9.84 Å². The third-order valence-corrected chi connectivity index (χ3v) is 3.58. The predicted molar refractivity (Wildman–Crippen MR) is 71.9 cm³/mol. The molecule has 0 heterocycles. The molecule has 2 nitrogen and oxygen atoms in total. The van der Waals surface area contributed by atoms with Gasteiger partial charge in [0.2, 0.25) is 0 Å². The molecule has 114 valence electrons. The summed E-state index contributed by atoms with van der Waals surface area (Å²) in [5, 5.41) is 10.5. The van der Waals surface area contributed by atoms with Gasteiger partial charge in [-0.05, 0) is 44.7 Å². The highest BCUT2D eigenvalue weighted by molar-refractivity contribution is 5.47. The van der Waals surface area contributed by atoms with Crippen LogP contribution in [-0.4, -0.2) is 18.4 Å². The Hall–Kier alpha value is -1.23. The fourth-order valence-electron chi connectivity index (χ4n) is 2.24. The predicted octanol–water partition coefficient (Wildman–Crippen LogP) is 4.25. The van der Waals surface area contributed by atoms with Gasteiger partial charge in [0.1, 0.15) is 5.75 Å².